The summed E-state index contributed by atoms with van der Waals surface area (Å²) in [6, 6.07) is 8.76. The fraction of sp³-hybridized carbons (Fsp3) is 0.286. The van der Waals surface area contributed by atoms with Crippen LogP contribution >= 0.6 is 0 Å². The molecule has 0 aliphatic rings. The summed E-state index contributed by atoms with van der Waals surface area (Å²) in [6.07, 6.45) is 0. The number of aromatic nitrogens is 1. The van der Waals surface area contributed by atoms with E-state index >= 15 is 0 Å². The highest BCUT2D eigenvalue weighted by atomic mass is 16.5. The number of methoxy groups -OCH3 is 3. The van der Waals surface area contributed by atoms with E-state index in [4.69, 9.17) is 14.2 Å². The van der Waals surface area contributed by atoms with Crippen molar-refractivity contribution in [1.29, 1.82) is 0 Å². The number of hydrogen-bond acceptors (Lipinski definition) is 6. The van der Waals surface area contributed by atoms with Gasteiger partial charge in [-0.1, -0.05) is 19.9 Å². The minimum Gasteiger partial charge on any atom is -0.493 e. The lowest BCUT2D eigenvalue weighted by molar-refractivity contribution is 0.0994. The van der Waals surface area contributed by atoms with E-state index in [1.54, 1.807) is 0 Å². The average molecular weight is 397 g/mol. The summed E-state index contributed by atoms with van der Waals surface area (Å²) >= 11 is 0. The second kappa shape index (κ2) is 8.22. The van der Waals surface area contributed by atoms with Crippen molar-refractivity contribution >= 4 is 22.5 Å². The van der Waals surface area contributed by atoms with Crippen LogP contribution < -0.4 is 14.2 Å². The quantitative estimate of drug-likeness (QED) is 0.573. The molecule has 2 N–H and O–H groups in total. The maximum Gasteiger partial charge on any atom is 0.295 e. The van der Waals surface area contributed by atoms with Gasteiger partial charge in [0.1, 0.15) is 0 Å². The van der Waals surface area contributed by atoms with Gasteiger partial charge in [0.2, 0.25) is 11.6 Å². The van der Waals surface area contributed by atoms with Gasteiger partial charge in [-0.2, -0.15) is 0 Å². The summed E-state index contributed by atoms with van der Waals surface area (Å²) < 4.78 is 15.8. The molecule has 152 valence electrons. The van der Waals surface area contributed by atoms with Gasteiger partial charge in [-0.15, -0.1) is 10.2 Å². The number of carbonyl (C=O) groups excluding carboxylic acids is 1. The highest BCUT2D eigenvalue weighted by Gasteiger charge is 2.18. The normalized spacial score (nSPS) is 11.4. The number of ether oxygens (including phenoxy) is 3. The van der Waals surface area contributed by atoms with E-state index in [0.717, 1.165) is 5.56 Å². The van der Waals surface area contributed by atoms with Gasteiger partial charge >= 0.3 is 0 Å². The fourth-order valence-corrected chi connectivity index (χ4v) is 3.00. The number of hydrogen-bond donors (Lipinski definition) is 2. The number of rotatable bonds is 6. The number of fused-ring (bicyclic) bond motifs is 1. The minimum absolute atomic E-state index is 0.151. The van der Waals surface area contributed by atoms with Crippen LogP contribution in [0.3, 0.4) is 0 Å². The molecule has 0 saturated carbocycles. The van der Waals surface area contributed by atoms with E-state index in [-0.39, 0.29) is 17.1 Å². The van der Waals surface area contributed by atoms with E-state index < -0.39 is 5.91 Å². The predicted octanol–water partition coefficient (Wildman–Crippen LogP) is 4.95. The molecule has 0 saturated heterocycles. The first kappa shape index (κ1) is 20.2. The predicted molar refractivity (Wildman–Crippen MR) is 109 cm³/mol. The van der Waals surface area contributed by atoms with Gasteiger partial charge < -0.3 is 24.3 Å². The Balaban J connectivity index is 1.99. The summed E-state index contributed by atoms with van der Waals surface area (Å²) in [5.41, 5.74) is 2.22. The standard InChI is InChI=1S/C21H23N3O5/c1-11(2)12-6-7-15-14(8-12)18(21(26)22-15)23-24-20(25)13-9-16(27-3)19(29-5)17(10-13)28-4/h6-11,22,26H,1-5H3. The van der Waals surface area contributed by atoms with Crippen LogP contribution in [0.15, 0.2) is 40.6 Å². The maximum absolute atomic E-state index is 12.6. The lowest BCUT2D eigenvalue weighted by Gasteiger charge is -2.12. The van der Waals surface area contributed by atoms with E-state index in [9.17, 15) is 9.90 Å². The van der Waals surface area contributed by atoms with Crippen LogP contribution in [0, 0.1) is 0 Å². The van der Waals surface area contributed by atoms with Crippen molar-refractivity contribution in [3.05, 3.63) is 41.5 Å². The summed E-state index contributed by atoms with van der Waals surface area (Å²) in [5.74, 6) is 0.588. The molecule has 29 heavy (non-hydrogen) atoms. The molecule has 0 atom stereocenters. The highest BCUT2D eigenvalue weighted by Crippen LogP contribution is 2.39. The van der Waals surface area contributed by atoms with E-state index in [1.807, 2.05) is 18.2 Å². The minimum atomic E-state index is -0.613. The van der Waals surface area contributed by atoms with E-state index in [0.29, 0.717) is 34.1 Å². The highest BCUT2D eigenvalue weighted by molar-refractivity contribution is 5.98. The number of H-pyrrole nitrogens is 1. The van der Waals surface area contributed by atoms with Crippen LogP contribution in [-0.2, 0) is 0 Å². The first-order valence-electron chi connectivity index (χ1n) is 9.00. The maximum atomic E-state index is 12.6. The van der Waals surface area contributed by atoms with Crippen LogP contribution in [0.5, 0.6) is 23.1 Å². The van der Waals surface area contributed by atoms with Crippen molar-refractivity contribution in [3.8, 4) is 23.1 Å². The number of amides is 1. The summed E-state index contributed by atoms with van der Waals surface area (Å²) in [4.78, 5) is 15.4. The Morgan fingerprint density at radius 3 is 2.24 bits per heavy atom. The second-order valence-corrected chi connectivity index (χ2v) is 6.70. The summed E-state index contributed by atoms with van der Waals surface area (Å²) in [6.45, 7) is 4.14. The molecule has 8 nitrogen and oxygen atoms in total. The van der Waals surface area contributed by atoms with Crippen molar-refractivity contribution in [2.24, 2.45) is 10.2 Å². The molecule has 0 bridgehead atoms. The number of benzene rings is 2. The molecule has 3 rings (SSSR count). The zero-order valence-corrected chi connectivity index (χ0v) is 16.9. The smallest absolute Gasteiger partial charge is 0.295 e. The molecule has 0 fully saturated rings. The molecule has 1 heterocycles. The van der Waals surface area contributed by atoms with Crippen LogP contribution in [-0.4, -0.2) is 37.3 Å². The second-order valence-electron chi connectivity index (χ2n) is 6.70. The lowest BCUT2D eigenvalue weighted by atomic mass is 10.0. The molecule has 3 aromatic rings. The van der Waals surface area contributed by atoms with Gasteiger partial charge in [0, 0.05) is 5.39 Å². The molecular weight excluding hydrogens is 374 g/mol. The van der Waals surface area contributed by atoms with E-state index in [1.165, 1.54) is 33.5 Å². The zero-order chi connectivity index (χ0) is 21.1. The molecule has 1 aromatic heterocycles. The average Bonchev–Trinajstić information content (AvgIpc) is 3.04. The molecule has 0 unspecified atom stereocenters. The Morgan fingerprint density at radius 2 is 1.69 bits per heavy atom. The third kappa shape index (κ3) is 3.87. The number of aromatic hydroxyl groups is 1. The number of aromatic amines is 1. The lowest BCUT2D eigenvalue weighted by Crippen LogP contribution is -2.00. The Kier molecular flexibility index (Phi) is 5.72. The van der Waals surface area contributed by atoms with Crippen LogP contribution in [0.25, 0.3) is 10.9 Å². The molecule has 0 aliphatic heterocycles. The van der Waals surface area contributed by atoms with Gasteiger partial charge in [-0.3, -0.25) is 4.79 Å². The Morgan fingerprint density at radius 1 is 1.03 bits per heavy atom. The molecule has 1 amide bonds. The molecule has 0 radical (unpaired) electrons. The van der Waals surface area contributed by atoms with Crippen LogP contribution in [0.2, 0.25) is 0 Å². The number of nitrogens with one attached hydrogen (secondary N) is 1. The van der Waals surface area contributed by atoms with Crippen LogP contribution in [0.4, 0.5) is 5.69 Å². The van der Waals surface area contributed by atoms with Gasteiger partial charge in [-0.25, -0.2) is 0 Å². The Hall–Kier alpha value is -3.55. The van der Waals surface area contributed by atoms with Gasteiger partial charge in [-0.05, 0) is 35.7 Å². The third-order valence-electron chi connectivity index (χ3n) is 4.60. The van der Waals surface area contributed by atoms with E-state index in [2.05, 4.69) is 29.1 Å². The topological polar surface area (TPSA) is 106 Å². The first-order chi connectivity index (χ1) is 13.9. The Labute approximate surface area is 168 Å². The number of carbonyl (C=O) groups is 1. The molecule has 8 heteroatoms. The largest absolute Gasteiger partial charge is 0.493 e. The third-order valence-corrected chi connectivity index (χ3v) is 4.60. The monoisotopic (exact) mass is 397 g/mol. The number of nitrogens with zero attached hydrogens (tertiary/aromatic N) is 2. The number of azo groups is 1. The van der Waals surface area contributed by atoms with Crippen molar-refractivity contribution in [2.75, 3.05) is 21.3 Å². The van der Waals surface area contributed by atoms with Crippen LogP contribution in [0.1, 0.15) is 35.7 Å². The van der Waals surface area contributed by atoms with Crippen molar-refractivity contribution < 1.29 is 24.1 Å². The molecule has 0 spiro atoms. The van der Waals surface area contributed by atoms with Gasteiger partial charge in [0.05, 0.1) is 32.4 Å². The van der Waals surface area contributed by atoms with Crippen molar-refractivity contribution in [2.45, 2.75) is 19.8 Å². The first-order valence-corrected chi connectivity index (χ1v) is 9.00. The SMILES string of the molecule is COc1cc(C(=O)N=Nc2c(O)[nH]c3ccc(C(C)C)cc23)cc(OC)c1OC. The summed E-state index contributed by atoms with van der Waals surface area (Å²) in [7, 11) is 4.40. The Bertz CT molecular complexity index is 1060. The van der Waals surface area contributed by atoms with Crippen molar-refractivity contribution in [1.82, 2.24) is 4.98 Å². The molecule has 2 aromatic carbocycles. The van der Waals surface area contributed by atoms with Crippen molar-refractivity contribution in [3.63, 3.8) is 0 Å². The summed E-state index contributed by atoms with van der Waals surface area (Å²) in [5, 5.41) is 18.7. The van der Waals surface area contributed by atoms with Gasteiger partial charge in [0.25, 0.3) is 5.91 Å². The van der Waals surface area contributed by atoms with Gasteiger partial charge in [0.15, 0.2) is 17.2 Å². The zero-order valence-electron chi connectivity index (χ0n) is 16.9. The molecular formula is C21H23N3O5. The molecule has 0 aliphatic carbocycles. The fourth-order valence-electron chi connectivity index (χ4n) is 3.00.